The SMILES string of the molecule is C[C@H](N)c1ccc(OC2CC2)cc1F. The molecule has 1 aliphatic carbocycles. The summed E-state index contributed by atoms with van der Waals surface area (Å²) in [5, 5.41) is 0. The summed E-state index contributed by atoms with van der Waals surface area (Å²) in [6.45, 7) is 1.76. The van der Waals surface area contributed by atoms with E-state index >= 15 is 0 Å². The molecule has 0 aromatic heterocycles. The Labute approximate surface area is 82.9 Å². The highest BCUT2D eigenvalue weighted by Crippen LogP contribution is 2.28. The fourth-order valence-electron chi connectivity index (χ4n) is 1.33. The summed E-state index contributed by atoms with van der Waals surface area (Å²) in [6.07, 6.45) is 2.46. The van der Waals surface area contributed by atoms with E-state index in [0.29, 0.717) is 17.4 Å². The van der Waals surface area contributed by atoms with Gasteiger partial charge in [-0.2, -0.15) is 0 Å². The Kier molecular flexibility index (Phi) is 2.42. The van der Waals surface area contributed by atoms with E-state index in [-0.39, 0.29) is 11.9 Å². The fraction of sp³-hybridized carbons (Fsp3) is 0.455. The standard InChI is InChI=1S/C11H14FNO/c1-7(13)10-5-4-9(6-11(10)12)14-8-2-3-8/h4-8H,2-3,13H2,1H3/t7-/m0/s1. The van der Waals surface area contributed by atoms with Crippen LogP contribution in [-0.4, -0.2) is 6.10 Å². The third kappa shape index (κ3) is 2.04. The van der Waals surface area contributed by atoms with Crippen LogP contribution >= 0.6 is 0 Å². The summed E-state index contributed by atoms with van der Waals surface area (Å²) in [4.78, 5) is 0. The first-order chi connectivity index (χ1) is 6.66. The van der Waals surface area contributed by atoms with Gasteiger partial charge in [0.05, 0.1) is 6.10 Å². The molecule has 0 aliphatic heterocycles. The maximum atomic E-state index is 13.4. The van der Waals surface area contributed by atoms with Gasteiger partial charge in [-0.15, -0.1) is 0 Å². The van der Waals surface area contributed by atoms with Crippen LogP contribution in [0.5, 0.6) is 5.75 Å². The third-order valence-corrected chi connectivity index (χ3v) is 2.29. The Morgan fingerprint density at radius 3 is 2.71 bits per heavy atom. The van der Waals surface area contributed by atoms with Gasteiger partial charge in [-0.3, -0.25) is 0 Å². The van der Waals surface area contributed by atoms with Gasteiger partial charge in [0.15, 0.2) is 0 Å². The van der Waals surface area contributed by atoms with E-state index in [1.54, 1.807) is 19.1 Å². The monoisotopic (exact) mass is 195 g/mol. The number of ether oxygens (including phenoxy) is 1. The molecule has 1 atom stereocenters. The van der Waals surface area contributed by atoms with E-state index in [1.165, 1.54) is 6.07 Å². The van der Waals surface area contributed by atoms with Crippen molar-refractivity contribution in [2.24, 2.45) is 5.73 Å². The first-order valence-corrected chi connectivity index (χ1v) is 4.88. The lowest BCUT2D eigenvalue weighted by molar-refractivity contribution is 0.301. The molecule has 0 heterocycles. The Hall–Kier alpha value is -1.09. The molecule has 1 aromatic carbocycles. The molecular weight excluding hydrogens is 181 g/mol. The number of rotatable bonds is 3. The van der Waals surface area contributed by atoms with Gasteiger partial charge in [0, 0.05) is 17.7 Å². The Bertz CT molecular complexity index is 334. The quantitative estimate of drug-likeness (QED) is 0.803. The molecule has 3 heteroatoms. The molecule has 2 N–H and O–H groups in total. The maximum absolute atomic E-state index is 13.4. The molecule has 2 rings (SSSR count). The van der Waals surface area contributed by atoms with E-state index in [1.807, 2.05) is 0 Å². The molecule has 1 aromatic rings. The van der Waals surface area contributed by atoms with Gasteiger partial charge >= 0.3 is 0 Å². The molecule has 1 fully saturated rings. The zero-order valence-corrected chi connectivity index (χ0v) is 8.16. The molecule has 14 heavy (non-hydrogen) atoms. The number of nitrogens with two attached hydrogens (primary N) is 1. The first kappa shape index (κ1) is 9.46. The Balaban J connectivity index is 2.16. The third-order valence-electron chi connectivity index (χ3n) is 2.29. The normalized spacial score (nSPS) is 17.9. The summed E-state index contributed by atoms with van der Waals surface area (Å²) < 4.78 is 18.9. The minimum absolute atomic E-state index is 0.273. The highest BCUT2D eigenvalue weighted by molar-refractivity contribution is 5.30. The van der Waals surface area contributed by atoms with Crippen molar-refractivity contribution >= 4 is 0 Å². The van der Waals surface area contributed by atoms with Crippen LogP contribution in [0, 0.1) is 5.82 Å². The van der Waals surface area contributed by atoms with Crippen molar-refractivity contribution in [3.63, 3.8) is 0 Å². The summed E-state index contributed by atoms with van der Waals surface area (Å²) in [5.41, 5.74) is 6.13. The molecule has 0 bridgehead atoms. The topological polar surface area (TPSA) is 35.2 Å². The fourth-order valence-corrected chi connectivity index (χ4v) is 1.33. The molecule has 1 saturated carbocycles. The van der Waals surface area contributed by atoms with Gasteiger partial charge < -0.3 is 10.5 Å². The molecule has 2 nitrogen and oxygen atoms in total. The van der Waals surface area contributed by atoms with E-state index in [4.69, 9.17) is 10.5 Å². The predicted octanol–water partition coefficient (Wildman–Crippen LogP) is 2.39. The average molecular weight is 195 g/mol. The smallest absolute Gasteiger partial charge is 0.131 e. The van der Waals surface area contributed by atoms with Gasteiger partial charge in [-0.05, 0) is 25.8 Å². The molecule has 1 aliphatic rings. The Morgan fingerprint density at radius 1 is 1.50 bits per heavy atom. The van der Waals surface area contributed by atoms with Gasteiger partial charge in [0.25, 0.3) is 0 Å². The van der Waals surface area contributed by atoms with Crippen molar-refractivity contribution in [3.05, 3.63) is 29.6 Å². The molecular formula is C11H14FNO. The molecule has 0 unspecified atom stereocenters. The predicted molar refractivity (Wildman–Crippen MR) is 52.7 cm³/mol. The van der Waals surface area contributed by atoms with Crippen molar-refractivity contribution < 1.29 is 9.13 Å². The number of hydrogen-bond donors (Lipinski definition) is 1. The van der Waals surface area contributed by atoms with E-state index in [9.17, 15) is 4.39 Å². The van der Waals surface area contributed by atoms with E-state index in [0.717, 1.165) is 12.8 Å². The van der Waals surface area contributed by atoms with Crippen molar-refractivity contribution in [1.29, 1.82) is 0 Å². The van der Waals surface area contributed by atoms with Crippen LogP contribution in [0.15, 0.2) is 18.2 Å². The summed E-state index contributed by atoms with van der Waals surface area (Å²) in [6, 6.07) is 4.61. The molecule has 0 amide bonds. The number of hydrogen-bond acceptors (Lipinski definition) is 2. The Morgan fingerprint density at radius 2 is 2.21 bits per heavy atom. The highest BCUT2D eigenvalue weighted by atomic mass is 19.1. The lowest BCUT2D eigenvalue weighted by atomic mass is 10.1. The first-order valence-electron chi connectivity index (χ1n) is 4.88. The lowest BCUT2D eigenvalue weighted by Crippen LogP contribution is -2.07. The summed E-state index contributed by atoms with van der Waals surface area (Å²) in [7, 11) is 0. The van der Waals surface area contributed by atoms with E-state index < -0.39 is 0 Å². The van der Waals surface area contributed by atoms with Crippen molar-refractivity contribution in [3.8, 4) is 5.75 Å². The zero-order valence-electron chi connectivity index (χ0n) is 8.16. The van der Waals surface area contributed by atoms with Crippen molar-refractivity contribution in [2.45, 2.75) is 31.9 Å². The van der Waals surface area contributed by atoms with Crippen LogP contribution in [-0.2, 0) is 0 Å². The van der Waals surface area contributed by atoms with Crippen LogP contribution in [0.2, 0.25) is 0 Å². The molecule has 76 valence electrons. The second kappa shape index (κ2) is 3.58. The van der Waals surface area contributed by atoms with Crippen LogP contribution < -0.4 is 10.5 Å². The molecule has 0 spiro atoms. The summed E-state index contributed by atoms with van der Waals surface area (Å²) in [5.74, 6) is 0.326. The average Bonchev–Trinajstić information content (AvgIpc) is 2.87. The minimum Gasteiger partial charge on any atom is -0.490 e. The number of halogens is 1. The lowest BCUT2D eigenvalue weighted by Gasteiger charge is -2.09. The van der Waals surface area contributed by atoms with Crippen LogP contribution in [0.25, 0.3) is 0 Å². The minimum atomic E-state index is -0.279. The van der Waals surface area contributed by atoms with Gasteiger partial charge in [0.2, 0.25) is 0 Å². The summed E-state index contributed by atoms with van der Waals surface area (Å²) >= 11 is 0. The van der Waals surface area contributed by atoms with Crippen molar-refractivity contribution in [1.82, 2.24) is 0 Å². The molecule has 0 radical (unpaired) electrons. The van der Waals surface area contributed by atoms with Gasteiger partial charge in [-0.25, -0.2) is 4.39 Å². The highest BCUT2D eigenvalue weighted by Gasteiger charge is 2.23. The second-order valence-corrected chi connectivity index (χ2v) is 3.79. The zero-order chi connectivity index (χ0) is 10.1. The van der Waals surface area contributed by atoms with Crippen molar-refractivity contribution in [2.75, 3.05) is 0 Å². The van der Waals surface area contributed by atoms with E-state index in [2.05, 4.69) is 0 Å². The van der Waals surface area contributed by atoms with Crippen LogP contribution in [0.3, 0.4) is 0 Å². The maximum Gasteiger partial charge on any atom is 0.131 e. The second-order valence-electron chi connectivity index (χ2n) is 3.79. The largest absolute Gasteiger partial charge is 0.490 e. The number of benzene rings is 1. The molecule has 0 saturated heterocycles. The van der Waals surface area contributed by atoms with Crippen LogP contribution in [0.4, 0.5) is 4.39 Å². The van der Waals surface area contributed by atoms with Crippen LogP contribution in [0.1, 0.15) is 31.4 Å². The van der Waals surface area contributed by atoms with Gasteiger partial charge in [-0.1, -0.05) is 6.07 Å². The van der Waals surface area contributed by atoms with Gasteiger partial charge in [0.1, 0.15) is 11.6 Å².